The van der Waals surface area contributed by atoms with Gasteiger partial charge in [-0.2, -0.15) is 0 Å². The lowest BCUT2D eigenvalue weighted by Crippen LogP contribution is -2.59. The zero-order valence-electron chi connectivity index (χ0n) is 15.8. The summed E-state index contributed by atoms with van der Waals surface area (Å²) in [5.41, 5.74) is 7.24. The van der Waals surface area contributed by atoms with Gasteiger partial charge in [-0.25, -0.2) is 0 Å². The zero-order chi connectivity index (χ0) is 18.5. The topological polar surface area (TPSA) is 66.6 Å². The Bertz CT molecular complexity index is 613. The van der Waals surface area contributed by atoms with Crippen molar-refractivity contribution in [2.24, 2.45) is 11.7 Å². The maximum atomic E-state index is 12.8. The Kier molecular flexibility index (Phi) is 6.30. The van der Waals surface area contributed by atoms with Gasteiger partial charge in [0.15, 0.2) is 0 Å². The number of benzene rings is 1. The third kappa shape index (κ3) is 4.44. The van der Waals surface area contributed by atoms with Crippen LogP contribution in [0.15, 0.2) is 30.3 Å². The highest BCUT2D eigenvalue weighted by Gasteiger charge is 2.34. The van der Waals surface area contributed by atoms with E-state index in [4.69, 9.17) is 5.73 Å². The van der Waals surface area contributed by atoms with E-state index in [2.05, 4.69) is 0 Å². The van der Waals surface area contributed by atoms with Crippen molar-refractivity contribution in [2.75, 3.05) is 19.6 Å². The number of nitrogens with zero attached hydrogens (tertiary/aromatic N) is 2. The SMILES string of the molecule is C[C@@H]1CN(C(=O)[C@@H](N)Cc2ccccc2)CCN1C(=O)C1CCCCC1. The van der Waals surface area contributed by atoms with Gasteiger partial charge in [0.1, 0.15) is 0 Å². The minimum absolute atomic E-state index is 0.00883. The van der Waals surface area contributed by atoms with Crippen LogP contribution in [0.5, 0.6) is 0 Å². The summed E-state index contributed by atoms with van der Waals surface area (Å²) in [6.07, 6.45) is 6.17. The summed E-state index contributed by atoms with van der Waals surface area (Å²) in [5, 5.41) is 0. The quantitative estimate of drug-likeness (QED) is 0.898. The van der Waals surface area contributed by atoms with Crippen molar-refractivity contribution in [1.82, 2.24) is 9.80 Å². The number of hydrogen-bond acceptors (Lipinski definition) is 3. The summed E-state index contributed by atoms with van der Waals surface area (Å²) in [6.45, 7) is 3.84. The Morgan fingerprint density at radius 3 is 2.46 bits per heavy atom. The van der Waals surface area contributed by atoms with Crippen molar-refractivity contribution < 1.29 is 9.59 Å². The first-order valence-corrected chi connectivity index (χ1v) is 9.95. The molecule has 0 radical (unpaired) electrons. The molecule has 2 fully saturated rings. The maximum absolute atomic E-state index is 12.8. The normalized spacial score (nSPS) is 22.9. The van der Waals surface area contributed by atoms with Crippen LogP contribution in [0.3, 0.4) is 0 Å². The minimum Gasteiger partial charge on any atom is -0.338 e. The van der Waals surface area contributed by atoms with Crippen LogP contribution in [0, 0.1) is 5.92 Å². The summed E-state index contributed by atoms with van der Waals surface area (Å²) >= 11 is 0. The Morgan fingerprint density at radius 2 is 1.81 bits per heavy atom. The smallest absolute Gasteiger partial charge is 0.239 e. The van der Waals surface area contributed by atoms with Gasteiger partial charge in [0.05, 0.1) is 6.04 Å². The van der Waals surface area contributed by atoms with Crippen LogP contribution < -0.4 is 5.73 Å². The molecule has 1 aromatic carbocycles. The van der Waals surface area contributed by atoms with Gasteiger partial charge in [0.2, 0.25) is 11.8 Å². The Labute approximate surface area is 156 Å². The summed E-state index contributed by atoms with van der Waals surface area (Å²) in [4.78, 5) is 29.4. The molecule has 0 spiro atoms. The average Bonchev–Trinajstić information content (AvgIpc) is 2.68. The molecule has 1 aliphatic carbocycles. The van der Waals surface area contributed by atoms with Gasteiger partial charge >= 0.3 is 0 Å². The molecular formula is C21H31N3O2. The molecule has 0 bridgehead atoms. The van der Waals surface area contributed by atoms with Crippen molar-refractivity contribution >= 4 is 11.8 Å². The van der Waals surface area contributed by atoms with E-state index in [1.54, 1.807) is 0 Å². The fourth-order valence-electron chi connectivity index (χ4n) is 4.26. The molecule has 1 aromatic rings. The highest BCUT2D eigenvalue weighted by Crippen LogP contribution is 2.27. The highest BCUT2D eigenvalue weighted by atomic mass is 16.2. The third-order valence-electron chi connectivity index (χ3n) is 5.79. The molecule has 5 nitrogen and oxygen atoms in total. The molecule has 142 valence electrons. The number of rotatable bonds is 4. The molecule has 2 N–H and O–H groups in total. The molecular weight excluding hydrogens is 326 g/mol. The molecule has 1 saturated carbocycles. The number of carbonyl (C=O) groups excluding carboxylic acids is 2. The fraction of sp³-hybridized carbons (Fsp3) is 0.619. The van der Waals surface area contributed by atoms with Crippen molar-refractivity contribution in [3.63, 3.8) is 0 Å². The predicted molar refractivity (Wildman–Crippen MR) is 102 cm³/mol. The monoisotopic (exact) mass is 357 g/mol. The van der Waals surface area contributed by atoms with Crippen LogP contribution in [0.4, 0.5) is 0 Å². The van der Waals surface area contributed by atoms with Gasteiger partial charge in [-0.05, 0) is 31.7 Å². The second-order valence-electron chi connectivity index (χ2n) is 7.80. The first-order chi connectivity index (χ1) is 12.6. The molecule has 3 rings (SSSR count). The summed E-state index contributed by atoms with van der Waals surface area (Å²) in [6, 6.07) is 9.42. The first-order valence-electron chi connectivity index (χ1n) is 9.95. The van der Waals surface area contributed by atoms with Gasteiger partial charge in [0.25, 0.3) is 0 Å². The average molecular weight is 357 g/mol. The molecule has 2 atom stereocenters. The van der Waals surface area contributed by atoms with Gasteiger partial charge in [0, 0.05) is 31.6 Å². The van der Waals surface area contributed by atoms with Crippen molar-refractivity contribution in [3.8, 4) is 0 Å². The van der Waals surface area contributed by atoms with E-state index in [1.807, 2.05) is 47.1 Å². The Balaban J connectivity index is 1.54. The van der Waals surface area contributed by atoms with E-state index in [9.17, 15) is 9.59 Å². The van der Waals surface area contributed by atoms with Crippen molar-refractivity contribution in [3.05, 3.63) is 35.9 Å². The standard InChI is InChI=1S/C21H31N3O2/c1-16-15-23(21(26)19(22)14-17-8-4-2-5-9-17)12-13-24(16)20(25)18-10-6-3-7-11-18/h2,4-5,8-9,16,18-19H,3,6-7,10-15,22H2,1H3/t16-,19+/m1/s1. The summed E-state index contributed by atoms with van der Waals surface area (Å²) in [5.74, 6) is 0.470. The van der Waals surface area contributed by atoms with E-state index < -0.39 is 6.04 Å². The second-order valence-corrected chi connectivity index (χ2v) is 7.80. The largest absolute Gasteiger partial charge is 0.338 e. The molecule has 5 heteroatoms. The van der Waals surface area contributed by atoms with Gasteiger partial charge in [-0.3, -0.25) is 9.59 Å². The highest BCUT2D eigenvalue weighted by molar-refractivity contribution is 5.83. The van der Waals surface area contributed by atoms with Gasteiger partial charge < -0.3 is 15.5 Å². The van der Waals surface area contributed by atoms with Crippen LogP contribution in [-0.4, -0.2) is 53.3 Å². The molecule has 2 aliphatic rings. The van der Waals surface area contributed by atoms with E-state index >= 15 is 0 Å². The van der Waals surface area contributed by atoms with Crippen LogP contribution >= 0.6 is 0 Å². The van der Waals surface area contributed by atoms with E-state index in [-0.39, 0.29) is 23.8 Å². The van der Waals surface area contributed by atoms with Crippen LogP contribution in [0.2, 0.25) is 0 Å². The lowest BCUT2D eigenvalue weighted by atomic mass is 9.87. The number of piperazine rings is 1. The minimum atomic E-state index is -0.523. The van der Waals surface area contributed by atoms with Crippen LogP contribution in [-0.2, 0) is 16.0 Å². The maximum Gasteiger partial charge on any atom is 0.239 e. The number of nitrogens with two attached hydrogens (primary N) is 1. The molecule has 2 amide bonds. The predicted octanol–water partition coefficient (Wildman–Crippen LogP) is 2.20. The third-order valence-corrected chi connectivity index (χ3v) is 5.79. The van der Waals surface area contributed by atoms with Gasteiger partial charge in [-0.1, -0.05) is 49.6 Å². The number of hydrogen-bond donors (Lipinski definition) is 1. The van der Waals surface area contributed by atoms with E-state index in [0.717, 1.165) is 31.2 Å². The van der Waals surface area contributed by atoms with E-state index in [1.165, 1.54) is 6.42 Å². The van der Waals surface area contributed by atoms with E-state index in [0.29, 0.717) is 26.1 Å². The van der Waals surface area contributed by atoms with Crippen LogP contribution in [0.25, 0.3) is 0 Å². The number of amides is 2. The molecule has 1 heterocycles. The Morgan fingerprint density at radius 1 is 1.12 bits per heavy atom. The van der Waals surface area contributed by atoms with Crippen molar-refractivity contribution in [2.45, 2.75) is 57.5 Å². The first kappa shape index (κ1) is 18.9. The van der Waals surface area contributed by atoms with Crippen LogP contribution in [0.1, 0.15) is 44.6 Å². The van der Waals surface area contributed by atoms with Crippen molar-refractivity contribution in [1.29, 1.82) is 0 Å². The molecule has 1 saturated heterocycles. The zero-order valence-corrected chi connectivity index (χ0v) is 15.8. The molecule has 1 aliphatic heterocycles. The lowest BCUT2D eigenvalue weighted by molar-refractivity contribution is -0.146. The summed E-state index contributed by atoms with van der Waals surface area (Å²) < 4.78 is 0. The molecule has 0 aromatic heterocycles. The fourth-order valence-corrected chi connectivity index (χ4v) is 4.26. The van der Waals surface area contributed by atoms with Gasteiger partial charge in [-0.15, -0.1) is 0 Å². The lowest BCUT2D eigenvalue weighted by Gasteiger charge is -2.42. The Hall–Kier alpha value is -1.88. The molecule has 26 heavy (non-hydrogen) atoms. The molecule has 0 unspecified atom stereocenters. The number of carbonyl (C=O) groups is 2. The second kappa shape index (κ2) is 8.67. The summed E-state index contributed by atoms with van der Waals surface area (Å²) in [7, 11) is 0.